The molecule has 6 heteroatoms. The molecule has 0 unspecified atom stereocenters. The van der Waals surface area contributed by atoms with Gasteiger partial charge in [0.25, 0.3) is 0 Å². The summed E-state index contributed by atoms with van der Waals surface area (Å²) in [6.45, 7) is 1.72. The van der Waals surface area contributed by atoms with Gasteiger partial charge in [-0.2, -0.15) is 0 Å². The fourth-order valence-electron chi connectivity index (χ4n) is 3.27. The number of oxazole rings is 1. The van der Waals surface area contributed by atoms with Crippen LogP contribution < -0.4 is 14.2 Å². The standard InChI is InChI=1S/C23H20FNO4/c1-13-5-6-15(11-17(13)24)23-25-18-9-7-14(12-20(18)29-23)16-8-10-19(26-2)22(28-4)21(16)27-3/h5-12H,1-4H3. The van der Waals surface area contributed by atoms with Gasteiger partial charge in [0.2, 0.25) is 11.6 Å². The first-order chi connectivity index (χ1) is 14.0. The number of rotatable bonds is 5. The van der Waals surface area contributed by atoms with Gasteiger partial charge in [-0.1, -0.05) is 12.1 Å². The number of fused-ring (bicyclic) bond motifs is 1. The monoisotopic (exact) mass is 393 g/mol. The summed E-state index contributed by atoms with van der Waals surface area (Å²) < 4.78 is 36.2. The number of hydrogen-bond donors (Lipinski definition) is 0. The Labute approximate surface area is 167 Å². The maximum atomic E-state index is 13.9. The molecule has 0 N–H and O–H groups in total. The molecule has 5 nitrogen and oxygen atoms in total. The van der Waals surface area contributed by atoms with Crippen molar-refractivity contribution in [2.24, 2.45) is 0 Å². The molecule has 0 saturated heterocycles. The number of benzene rings is 3. The normalized spacial score (nSPS) is 10.9. The molecule has 29 heavy (non-hydrogen) atoms. The molecule has 0 saturated carbocycles. The van der Waals surface area contributed by atoms with E-state index in [1.54, 1.807) is 40.4 Å². The molecule has 0 amide bonds. The molecule has 0 fully saturated rings. The van der Waals surface area contributed by atoms with Gasteiger partial charge in [-0.3, -0.25) is 0 Å². The van der Waals surface area contributed by atoms with Gasteiger partial charge in [0.05, 0.1) is 21.3 Å². The first kappa shape index (κ1) is 18.8. The molecular weight excluding hydrogens is 373 g/mol. The van der Waals surface area contributed by atoms with E-state index in [1.807, 2.05) is 30.3 Å². The largest absolute Gasteiger partial charge is 0.493 e. The second kappa shape index (κ2) is 7.47. The van der Waals surface area contributed by atoms with Crippen LogP contribution in [0.25, 0.3) is 33.7 Å². The van der Waals surface area contributed by atoms with E-state index in [-0.39, 0.29) is 5.82 Å². The highest BCUT2D eigenvalue weighted by Crippen LogP contribution is 2.44. The van der Waals surface area contributed by atoms with Crippen molar-refractivity contribution in [2.75, 3.05) is 21.3 Å². The van der Waals surface area contributed by atoms with E-state index in [4.69, 9.17) is 18.6 Å². The Morgan fingerprint density at radius 2 is 1.59 bits per heavy atom. The summed E-state index contributed by atoms with van der Waals surface area (Å²) in [5.74, 6) is 1.74. The summed E-state index contributed by atoms with van der Waals surface area (Å²) in [5, 5.41) is 0. The molecule has 0 radical (unpaired) electrons. The van der Waals surface area contributed by atoms with E-state index >= 15 is 0 Å². The highest BCUT2D eigenvalue weighted by atomic mass is 19.1. The van der Waals surface area contributed by atoms with Gasteiger partial charge in [0, 0.05) is 11.1 Å². The minimum Gasteiger partial charge on any atom is -0.493 e. The molecule has 0 aliphatic rings. The predicted molar refractivity (Wildman–Crippen MR) is 109 cm³/mol. The first-order valence-corrected chi connectivity index (χ1v) is 9.02. The molecule has 0 aliphatic heterocycles. The van der Waals surface area contributed by atoms with Gasteiger partial charge >= 0.3 is 0 Å². The number of ether oxygens (including phenoxy) is 3. The molecule has 0 atom stereocenters. The molecule has 4 aromatic rings. The van der Waals surface area contributed by atoms with Crippen molar-refractivity contribution in [3.8, 4) is 39.8 Å². The van der Waals surface area contributed by atoms with Gasteiger partial charge in [-0.25, -0.2) is 9.37 Å². The lowest BCUT2D eigenvalue weighted by Crippen LogP contribution is -1.96. The Kier molecular flexibility index (Phi) is 4.84. The smallest absolute Gasteiger partial charge is 0.227 e. The summed E-state index contributed by atoms with van der Waals surface area (Å²) in [7, 11) is 4.72. The average molecular weight is 393 g/mol. The number of aryl methyl sites for hydroxylation is 1. The van der Waals surface area contributed by atoms with Gasteiger partial charge in [-0.15, -0.1) is 0 Å². The maximum absolute atomic E-state index is 13.9. The summed E-state index contributed by atoms with van der Waals surface area (Å²) in [4.78, 5) is 4.48. The molecule has 148 valence electrons. The van der Waals surface area contributed by atoms with Crippen molar-refractivity contribution in [3.63, 3.8) is 0 Å². The van der Waals surface area contributed by atoms with Crippen LogP contribution in [0.2, 0.25) is 0 Å². The van der Waals surface area contributed by atoms with Gasteiger partial charge in [0.15, 0.2) is 17.1 Å². The zero-order valence-corrected chi connectivity index (χ0v) is 16.6. The molecule has 1 aromatic heterocycles. The van der Waals surface area contributed by atoms with Crippen LogP contribution in [0.1, 0.15) is 5.56 Å². The van der Waals surface area contributed by atoms with E-state index < -0.39 is 0 Å². The first-order valence-electron chi connectivity index (χ1n) is 9.02. The fraction of sp³-hybridized carbons (Fsp3) is 0.174. The molecule has 0 aliphatic carbocycles. The lowest BCUT2D eigenvalue weighted by molar-refractivity contribution is 0.325. The summed E-state index contributed by atoms with van der Waals surface area (Å²) >= 11 is 0. The van der Waals surface area contributed by atoms with Crippen LogP contribution in [0.3, 0.4) is 0 Å². The summed E-state index contributed by atoms with van der Waals surface area (Å²) in [5.41, 5.74) is 4.14. The van der Waals surface area contributed by atoms with Crippen LogP contribution in [0.15, 0.2) is 52.9 Å². The fourth-order valence-corrected chi connectivity index (χ4v) is 3.27. The maximum Gasteiger partial charge on any atom is 0.227 e. The van der Waals surface area contributed by atoms with E-state index in [9.17, 15) is 4.39 Å². The van der Waals surface area contributed by atoms with E-state index in [0.717, 1.165) is 11.1 Å². The third-order valence-corrected chi connectivity index (χ3v) is 4.82. The highest BCUT2D eigenvalue weighted by molar-refractivity contribution is 5.85. The van der Waals surface area contributed by atoms with Crippen molar-refractivity contribution in [1.82, 2.24) is 4.98 Å². The third-order valence-electron chi connectivity index (χ3n) is 4.82. The zero-order valence-electron chi connectivity index (χ0n) is 16.6. The molecule has 1 heterocycles. The highest BCUT2D eigenvalue weighted by Gasteiger charge is 2.18. The van der Waals surface area contributed by atoms with Crippen LogP contribution in [-0.4, -0.2) is 26.3 Å². The van der Waals surface area contributed by atoms with E-state index in [0.29, 0.717) is 45.4 Å². The van der Waals surface area contributed by atoms with Gasteiger partial charge in [-0.05, 0) is 54.4 Å². The third kappa shape index (κ3) is 3.27. The van der Waals surface area contributed by atoms with Gasteiger partial charge in [0.1, 0.15) is 11.3 Å². The zero-order chi connectivity index (χ0) is 20.5. The summed E-state index contributed by atoms with van der Waals surface area (Å²) in [6, 6.07) is 14.3. The summed E-state index contributed by atoms with van der Waals surface area (Å²) in [6.07, 6.45) is 0. The lowest BCUT2D eigenvalue weighted by atomic mass is 10.0. The van der Waals surface area contributed by atoms with Crippen LogP contribution >= 0.6 is 0 Å². The number of hydrogen-bond acceptors (Lipinski definition) is 5. The molecule has 3 aromatic carbocycles. The van der Waals surface area contributed by atoms with Crippen LogP contribution in [0.5, 0.6) is 17.2 Å². The minimum atomic E-state index is -0.291. The SMILES string of the molecule is COc1ccc(-c2ccc3nc(-c4ccc(C)c(F)c4)oc3c2)c(OC)c1OC. The predicted octanol–water partition coefficient (Wildman–Crippen LogP) is 5.64. The number of halogens is 1. The van der Waals surface area contributed by atoms with Crippen LogP contribution in [0, 0.1) is 12.7 Å². The molecule has 0 spiro atoms. The van der Waals surface area contributed by atoms with E-state index in [1.165, 1.54) is 6.07 Å². The topological polar surface area (TPSA) is 53.7 Å². The second-order valence-electron chi connectivity index (χ2n) is 6.55. The van der Waals surface area contributed by atoms with Crippen LogP contribution in [0.4, 0.5) is 4.39 Å². The Morgan fingerprint density at radius 1 is 0.828 bits per heavy atom. The Bertz CT molecular complexity index is 1200. The second-order valence-corrected chi connectivity index (χ2v) is 6.55. The number of aromatic nitrogens is 1. The number of nitrogens with zero attached hydrogens (tertiary/aromatic N) is 1. The Hall–Kier alpha value is -3.54. The lowest BCUT2D eigenvalue weighted by Gasteiger charge is -2.15. The average Bonchev–Trinajstić information content (AvgIpc) is 3.17. The van der Waals surface area contributed by atoms with Crippen molar-refractivity contribution >= 4 is 11.1 Å². The van der Waals surface area contributed by atoms with Gasteiger partial charge < -0.3 is 18.6 Å². The Morgan fingerprint density at radius 3 is 2.28 bits per heavy atom. The molecule has 0 bridgehead atoms. The molecule has 4 rings (SSSR count). The minimum absolute atomic E-state index is 0.291. The Balaban J connectivity index is 1.81. The molecular formula is C23H20FNO4. The van der Waals surface area contributed by atoms with Crippen molar-refractivity contribution in [3.05, 3.63) is 59.9 Å². The van der Waals surface area contributed by atoms with Crippen molar-refractivity contribution < 1.29 is 23.0 Å². The quantitative estimate of drug-likeness (QED) is 0.439. The number of methoxy groups -OCH3 is 3. The van der Waals surface area contributed by atoms with Crippen LogP contribution in [-0.2, 0) is 0 Å². The van der Waals surface area contributed by atoms with E-state index in [2.05, 4.69) is 4.98 Å². The van der Waals surface area contributed by atoms with Crippen molar-refractivity contribution in [2.45, 2.75) is 6.92 Å². The van der Waals surface area contributed by atoms with Crippen molar-refractivity contribution in [1.29, 1.82) is 0 Å².